The third kappa shape index (κ3) is 4.37. The number of carbonyl (C=O) groups excluding carboxylic acids is 1. The molecule has 0 spiro atoms. The molecule has 0 radical (unpaired) electrons. The zero-order valence-electron chi connectivity index (χ0n) is 18.0. The number of aromatic nitrogens is 1. The quantitative estimate of drug-likeness (QED) is 0.591. The van der Waals surface area contributed by atoms with Crippen molar-refractivity contribution in [1.82, 2.24) is 8.87 Å². The Morgan fingerprint density at radius 2 is 1.71 bits per heavy atom. The summed E-state index contributed by atoms with van der Waals surface area (Å²) in [6.07, 6.45) is 1.04. The van der Waals surface area contributed by atoms with Crippen LogP contribution in [0.2, 0.25) is 0 Å². The van der Waals surface area contributed by atoms with E-state index in [0.29, 0.717) is 41.8 Å². The number of amides is 1. The standard InChI is InChI=1S/C23H27N3O3S2/c1-4-26-20-7-5-6-8-21(20)30-23(26)24-22(27)18-9-11-19(12-10-18)31(28,29)25-14-16(2)13-17(3)15-25/h5-12,16-17H,4,13-15H2,1-3H3/t16-,17+. The lowest BCUT2D eigenvalue weighted by atomic mass is 9.94. The Hall–Kier alpha value is -2.29. The second-order valence-corrected chi connectivity index (χ2v) is 11.3. The van der Waals surface area contributed by atoms with Gasteiger partial charge in [-0.25, -0.2) is 8.42 Å². The molecule has 2 atom stereocenters. The molecule has 1 aliphatic heterocycles. The van der Waals surface area contributed by atoms with Crippen molar-refractivity contribution in [2.24, 2.45) is 16.8 Å². The van der Waals surface area contributed by atoms with Gasteiger partial charge in [-0.1, -0.05) is 37.3 Å². The molecule has 0 bridgehead atoms. The summed E-state index contributed by atoms with van der Waals surface area (Å²) >= 11 is 1.47. The molecule has 2 aromatic carbocycles. The van der Waals surface area contributed by atoms with E-state index in [1.807, 2.05) is 35.8 Å². The van der Waals surface area contributed by atoms with Gasteiger partial charge in [0, 0.05) is 25.2 Å². The van der Waals surface area contributed by atoms with Gasteiger partial charge in [-0.15, -0.1) is 0 Å². The van der Waals surface area contributed by atoms with Gasteiger partial charge in [0.25, 0.3) is 5.91 Å². The summed E-state index contributed by atoms with van der Waals surface area (Å²) in [6, 6.07) is 14.1. The van der Waals surface area contributed by atoms with E-state index in [4.69, 9.17) is 0 Å². The normalized spacial score (nSPS) is 20.9. The number of sulfonamides is 1. The van der Waals surface area contributed by atoms with Gasteiger partial charge in [0.05, 0.1) is 15.1 Å². The Bertz CT molecular complexity index is 1260. The van der Waals surface area contributed by atoms with E-state index in [0.717, 1.165) is 16.6 Å². The van der Waals surface area contributed by atoms with Gasteiger partial charge < -0.3 is 4.57 Å². The van der Waals surface area contributed by atoms with Crippen LogP contribution in [0.5, 0.6) is 0 Å². The molecule has 164 valence electrons. The van der Waals surface area contributed by atoms with Crippen molar-refractivity contribution in [2.45, 2.75) is 38.6 Å². The Balaban J connectivity index is 1.61. The summed E-state index contributed by atoms with van der Waals surface area (Å²) in [5.74, 6) is 0.299. The lowest BCUT2D eigenvalue weighted by Crippen LogP contribution is -2.42. The van der Waals surface area contributed by atoms with Gasteiger partial charge in [-0.2, -0.15) is 9.30 Å². The van der Waals surface area contributed by atoms with Crippen LogP contribution in [0, 0.1) is 11.8 Å². The van der Waals surface area contributed by atoms with Crippen molar-refractivity contribution >= 4 is 37.5 Å². The lowest BCUT2D eigenvalue weighted by molar-refractivity contribution is 0.0997. The summed E-state index contributed by atoms with van der Waals surface area (Å²) < 4.78 is 30.7. The predicted octanol–water partition coefficient (Wildman–Crippen LogP) is 4.13. The van der Waals surface area contributed by atoms with Crippen LogP contribution in [-0.2, 0) is 16.6 Å². The van der Waals surface area contributed by atoms with E-state index in [1.54, 1.807) is 16.4 Å². The Morgan fingerprint density at radius 3 is 2.35 bits per heavy atom. The fraction of sp³-hybridized carbons (Fsp3) is 0.391. The van der Waals surface area contributed by atoms with Crippen LogP contribution in [0.1, 0.15) is 37.6 Å². The van der Waals surface area contributed by atoms with Gasteiger partial charge in [0.15, 0.2) is 4.80 Å². The number of rotatable bonds is 4. The molecule has 0 saturated carbocycles. The average molecular weight is 458 g/mol. The zero-order chi connectivity index (χ0) is 22.2. The number of thiazole rings is 1. The van der Waals surface area contributed by atoms with Crippen LogP contribution in [0.25, 0.3) is 10.2 Å². The molecule has 31 heavy (non-hydrogen) atoms. The SMILES string of the molecule is CCn1c(=NC(=O)c2ccc(S(=O)(=O)N3C[C@H](C)C[C@H](C)C3)cc2)sc2ccccc21. The van der Waals surface area contributed by atoms with Crippen molar-refractivity contribution in [1.29, 1.82) is 0 Å². The Morgan fingerprint density at radius 1 is 1.06 bits per heavy atom. The van der Waals surface area contributed by atoms with Crippen molar-refractivity contribution in [3.05, 3.63) is 58.9 Å². The minimum absolute atomic E-state index is 0.218. The van der Waals surface area contributed by atoms with Gasteiger partial charge in [0.1, 0.15) is 0 Å². The van der Waals surface area contributed by atoms with E-state index in [9.17, 15) is 13.2 Å². The van der Waals surface area contributed by atoms with Crippen LogP contribution in [0.3, 0.4) is 0 Å². The Labute approximate surface area is 186 Å². The molecule has 0 aliphatic carbocycles. The fourth-order valence-electron chi connectivity index (χ4n) is 4.28. The molecule has 1 aliphatic rings. The highest BCUT2D eigenvalue weighted by Gasteiger charge is 2.31. The molecular formula is C23H27N3O3S2. The third-order valence-corrected chi connectivity index (χ3v) is 8.58. The molecule has 3 aromatic rings. The molecular weight excluding hydrogens is 430 g/mol. The molecule has 1 amide bonds. The number of aryl methyl sites for hydroxylation is 1. The molecule has 1 aromatic heterocycles. The fourth-order valence-corrected chi connectivity index (χ4v) is 7.06. The van der Waals surface area contributed by atoms with Gasteiger partial charge >= 0.3 is 0 Å². The van der Waals surface area contributed by atoms with Crippen molar-refractivity contribution in [3.63, 3.8) is 0 Å². The van der Waals surface area contributed by atoms with Crippen molar-refractivity contribution in [2.75, 3.05) is 13.1 Å². The minimum atomic E-state index is -3.57. The molecule has 0 N–H and O–H groups in total. The largest absolute Gasteiger partial charge is 0.317 e. The van der Waals surface area contributed by atoms with Crippen LogP contribution < -0.4 is 4.80 Å². The number of nitrogens with zero attached hydrogens (tertiary/aromatic N) is 3. The van der Waals surface area contributed by atoms with Crippen molar-refractivity contribution < 1.29 is 13.2 Å². The van der Waals surface area contributed by atoms with E-state index in [-0.39, 0.29) is 10.8 Å². The van der Waals surface area contributed by atoms with E-state index in [1.165, 1.54) is 23.5 Å². The topological polar surface area (TPSA) is 71.7 Å². The highest BCUT2D eigenvalue weighted by molar-refractivity contribution is 7.89. The van der Waals surface area contributed by atoms with E-state index in [2.05, 4.69) is 18.8 Å². The predicted molar refractivity (Wildman–Crippen MR) is 124 cm³/mol. The number of piperidine rings is 1. The summed E-state index contributed by atoms with van der Waals surface area (Å²) in [5.41, 5.74) is 1.42. The number of para-hydroxylation sites is 1. The van der Waals surface area contributed by atoms with E-state index >= 15 is 0 Å². The monoisotopic (exact) mass is 457 g/mol. The molecule has 2 heterocycles. The summed E-state index contributed by atoms with van der Waals surface area (Å²) in [5, 5.41) is 0. The summed E-state index contributed by atoms with van der Waals surface area (Å²) in [6.45, 7) is 7.96. The number of hydrogen-bond acceptors (Lipinski definition) is 4. The van der Waals surface area contributed by atoms with Crippen LogP contribution in [-0.4, -0.2) is 36.3 Å². The maximum Gasteiger partial charge on any atom is 0.279 e. The van der Waals surface area contributed by atoms with Gasteiger partial charge in [-0.05, 0) is 61.6 Å². The van der Waals surface area contributed by atoms with Crippen molar-refractivity contribution in [3.8, 4) is 0 Å². The molecule has 1 fully saturated rings. The number of carbonyl (C=O) groups is 1. The molecule has 0 unspecified atom stereocenters. The van der Waals surface area contributed by atoms with Crippen LogP contribution >= 0.6 is 11.3 Å². The van der Waals surface area contributed by atoms with E-state index < -0.39 is 10.0 Å². The van der Waals surface area contributed by atoms with Gasteiger partial charge in [-0.3, -0.25) is 4.79 Å². The first-order valence-corrected chi connectivity index (χ1v) is 12.8. The smallest absolute Gasteiger partial charge is 0.279 e. The maximum absolute atomic E-state index is 13.0. The highest BCUT2D eigenvalue weighted by atomic mass is 32.2. The first-order chi connectivity index (χ1) is 14.8. The first-order valence-electron chi connectivity index (χ1n) is 10.6. The van der Waals surface area contributed by atoms with Crippen LogP contribution in [0.15, 0.2) is 58.4 Å². The third-order valence-electron chi connectivity index (χ3n) is 5.68. The maximum atomic E-state index is 13.0. The Kier molecular flexibility index (Phi) is 6.14. The summed E-state index contributed by atoms with van der Waals surface area (Å²) in [4.78, 5) is 18.0. The zero-order valence-corrected chi connectivity index (χ0v) is 19.6. The summed E-state index contributed by atoms with van der Waals surface area (Å²) in [7, 11) is -3.57. The first kappa shape index (κ1) is 21.9. The lowest BCUT2D eigenvalue weighted by Gasteiger charge is -2.34. The molecule has 6 nitrogen and oxygen atoms in total. The number of hydrogen-bond donors (Lipinski definition) is 0. The minimum Gasteiger partial charge on any atom is -0.317 e. The average Bonchev–Trinajstić information content (AvgIpc) is 3.10. The molecule has 1 saturated heterocycles. The second kappa shape index (κ2) is 8.68. The molecule has 8 heteroatoms. The number of fused-ring (bicyclic) bond motifs is 1. The molecule has 4 rings (SSSR count). The highest BCUT2D eigenvalue weighted by Crippen LogP contribution is 2.27. The number of benzene rings is 2. The van der Waals surface area contributed by atoms with Gasteiger partial charge in [0.2, 0.25) is 10.0 Å². The van der Waals surface area contributed by atoms with Crippen LogP contribution in [0.4, 0.5) is 0 Å². The second-order valence-electron chi connectivity index (χ2n) is 8.31.